The molecular weight excluding hydrogens is 328 g/mol. The maximum Gasteiger partial charge on any atom is 0.334 e. The molecule has 0 N–H and O–H groups in total. The number of benzene rings is 2. The van der Waals surface area contributed by atoms with E-state index in [2.05, 4.69) is 62.9 Å². The fourth-order valence-corrected chi connectivity index (χ4v) is 4.60. The van der Waals surface area contributed by atoms with Gasteiger partial charge in [-0.05, 0) is 34.6 Å². The summed E-state index contributed by atoms with van der Waals surface area (Å²) in [5.41, 5.74) is 2.86. The van der Waals surface area contributed by atoms with Crippen molar-refractivity contribution in [2.45, 2.75) is 31.8 Å². The zero-order valence-electron chi connectivity index (χ0n) is 14.4. The first kappa shape index (κ1) is 16.1. The molecule has 0 amide bonds. The van der Waals surface area contributed by atoms with Crippen LogP contribution in [-0.4, -0.2) is 5.97 Å². The van der Waals surface area contributed by atoms with Crippen molar-refractivity contribution >= 4 is 27.4 Å². The Morgan fingerprint density at radius 1 is 1.08 bits per heavy atom. The summed E-state index contributed by atoms with van der Waals surface area (Å²) in [6.45, 7) is 8.36. The molecule has 2 aromatic carbocycles. The van der Waals surface area contributed by atoms with Crippen LogP contribution in [0.1, 0.15) is 47.8 Å². The number of thiophene rings is 1. The van der Waals surface area contributed by atoms with Crippen LogP contribution in [-0.2, 0) is 9.53 Å². The molecule has 3 aromatic rings. The largest absolute Gasteiger partial charge is 0.453 e. The number of rotatable bonds is 3. The number of fused-ring (bicyclic) bond motifs is 1. The Labute approximate surface area is 151 Å². The average Bonchev–Trinajstić information content (AvgIpc) is 3.16. The Hall–Kier alpha value is -2.39. The van der Waals surface area contributed by atoms with Crippen molar-refractivity contribution in [3.05, 3.63) is 82.8 Å². The number of hydrogen-bond acceptors (Lipinski definition) is 3. The zero-order valence-corrected chi connectivity index (χ0v) is 15.2. The standard InChI is InChI=1S/C22H20O2S/c1-13(2)15-8-10-16(11-9-15)21-20(14(3)22(23)24-21)19-12-17-6-4-5-7-18(17)25-19/h4-13,20-21H,3H2,1-2H3. The van der Waals surface area contributed by atoms with Gasteiger partial charge in [0, 0.05) is 15.2 Å². The minimum absolute atomic E-state index is 0.116. The molecule has 2 atom stereocenters. The van der Waals surface area contributed by atoms with Gasteiger partial charge < -0.3 is 4.74 Å². The van der Waals surface area contributed by atoms with Gasteiger partial charge in [0.15, 0.2) is 0 Å². The van der Waals surface area contributed by atoms with Gasteiger partial charge in [0.05, 0.1) is 5.92 Å². The van der Waals surface area contributed by atoms with Gasteiger partial charge in [-0.3, -0.25) is 0 Å². The highest BCUT2D eigenvalue weighted by atomic mass is 32.1. The topological polar surface area (TPSA) is 26.3 Å². The van der Waals surface area contributed by atoms with Crippen molar-refractivity contribution in [3.63, 3.8) is 0 Å². The van der Waals surface area contributed by atoms with E-state index >= 15 is 0 Å². The molecule has 0 spiro atoms. The summed E-state index contributed by atoms with van der Waals surface area (Å²) in [4.78, 5) is 13.3. The highest BCUT2D eigenvalue weighted by Crippen LogP contribution is 2.48. The van der Waals surface area contributed by atoms with Crippen LogP contribution in [0.4, 0.5) is 0 Å². The van der Waals surface area contributed by atoms with E-state index in [0.717, 1.165) is 10.4 Å². The Balaban J connectivity index is 1.75. The Morgan fingerprint density at radius 3 is 2.48 bits per heavy atom. The number of hydrogen-bond donors (Lipinski definition) is 0. The molecule has 2 unspecified atom stereocenters. The second kappa shape index (κ2) is 6.16. The van der Waals surface area contributed by atoms with Crippen LogP contribution in [0, 0.1) is 0 Å². The van der Waals surface area contributed by atoms with E-state index in [1.54, 1.807) is 11.3 Å². The second-order valence-electron chi connectivity index (χ2n) is 6.84. The van der Waals surface area contributed by atoms with Crippen LogP contribution < -0.4 is 0 Å². The molecule has 2 heterocycles. The van der Waals surface area contributed by atoms with Gasteiger partial charge >= 0.3 is 5.97 Å². The van der Waals surface area contributed by atoms with E-state index in [9.17, 15) is 4.79 Å². The number of carbonyl (C=O) groups excluding carboxylic acids is 1. The van der Waals surface area contributed by atoms with E-state index in [0.29, 0.717) is 11.5 Å². The lowest BCUT2D eigenvalue weighted by Crippen LogP contribution is -2.06. The number of ether oxygens (including phenoxy) is 1. The number of carbonyl (C=O) groups is 1. The fraction of sp³-hybridized carbons (Fsp3) is 0.227. The summed E-state index contributed by atoms with van der Waals surface area (Å²) in [6, 6.07) is 18.8. The highest BCUT2D eigenvalue weighted by molar-refractivity contribution is 7.19. The summed E-state index contributed by atoms with van der Waals surface area (Å²) in [5, 5.41) is 1.20. The minimum atomic E-state index is -0.297. The highest BCUT2D eigenvalue weighted by Gasteiger charge is 2.41. The molecule has 126 valence electrons. The maximum absolute atomic E-state index is 12.2. The van der Waals surface area contributed by atoms with E-state index in [1.807, 2.05) is 12.1 Å². The molecule has 2 nitrogen and oxygen atoms in total. The van der Waals surface area contributed by atoms with Crippen LogP contribution in [0.3, 0.4) is 0 Å². The normalized spacial score (nSPS) is 20.4. The molecule has 0 radical (unpaired) electrons. The van der Waals surface area contributed by atoms with Gasteiger partial charge in [-0.25, -0.2) is 4.79 Å². The average molecular weight is 348 g/mol. The van der Waals surface area contributed by atoms with Gasteiger partial charge in [0.2, 0.25) is 0 Å². The van der Waals surface area contributed by atoms with Crippen LogP contribution >= 0.6 is 11.3 Å². The molecule has 1 fully saturated rings. The number of cyclic esters (lactones) is 1. The van der Waals surface area contributed by atoms with Gasteiger partial charge in [-0.2, -0.15) is 0 Å². The first-order valence-electron chi connectivity index (χ1n) is 8.52. The van der Waals surface area contributed by atoms with Crippen LogP contribution in [0.25, 0.3) is 10.1 Å². The molecule has 4 rings (SSSR count). The summed E-state index contributed by atoms with van der Waals surface area (Å²) in [7, 11) is 0. The van der Waals surface area contributed by atoms with E-state index in [-0.39, 0.29) is 18.0 Å². The molecule has 1 saturated heterocycles. The third kappa shape index (κ3) is 2.79. The molecule has 0 bridgehead atoms. The van der Waals surface area contributed by atoms with Crippen molar-refractivity contribution < 1.29 is 9.53 Å². The quantitative estimate of drug-likeness (QED) is 0.431. The smallest absolute Gasteiger partial charge is 0.334 e. The first-order valence-corrected chi connectivity index (χ1v) is 9.34. The van der Waals surface area contributed by atoms with Crippen molar-refractivity contribution in [2.75, 3.05) is 0 Å². The Morgan fingerprint density at radius 2 is 1.80 bits per heavy atom. The molecule has 1 aromatic heterocycles. The lowest BCUT2D eigenvalue weighted by atomic mass is 9.89. The molecule has 0 aliphatic carbocycles. The molecule has 0 saturated carbocycles. The van der Waals surface area contributed by atoms with E-state index in [1.165, 1.54) is 15.6 Å². The van der Waals surface area contributed by atoms with E-state index < -0.39 is 0 Å². The minimum Gasteiger partial charge on any atom is -0.453 e. The lowest BCUT2D eigenvalue weighted by molar-refractivity contribution is -0.139. The monoisotopic (exact) mass is 348 g/mol. The van der Waals surface area contributed by atoms with Crippen LogP contribution in [0.15, 0.2) is 66.7 Å². The molecule has 3 heteroatoms. The summed E-state index contributed by atoms with van der Waals surface area (Å²) in [5.74, 6) is 0.0729. The third-order valence-corrected chi connectivity index (χ3v) is 6.06. The van der Waals surface area contributed by atoms with Crippen molar-refractivity contribution in [1.82, 2.24) is 0 Å². The summed E-state index contributed by atoms with van der Waals surface area (Å²) >= 11 is 1.71. The van der Waals surface area contributed by atoms with Gasteiger partial charge in [0.25, 0.3) is 0 Å². The predicted octanol–water partition coefficient (Wildman–Crippen LogP) is 5.96. The van der Waals surface area contributed by atoms with Crippen LogP contribution in [0.5, 0.6) is 0 Å². The summed E-state index contributed by atoms with van der Waals surface area (Å²) in [6.07, 6.45) is -0.297. The first-order chi connectivity index (χ1) is 12.0. The fourth-order valence-electron chi connectivity index (χ4n) is 3.38. The molecule has 25 heavy (non-hydrogen) atoms. The van der Waals surface area contributed by atoms with Crippen molar-refractivity contribution in [3.8, 4) is 0 Å². The van der Waals surface area contributed by atoms with Crippen molar-refractivity contribution in [2.24, 2.45) is 0 Å². The SMILES string of the molecule is C=C1C(=O)OC(c2ccc(C(C)C)cc2)C1c1cc2ccccc2s1. The van der Waals surface area contributed by atoms with Gasteiger partial charge in [-0.15, -0.1) is 11.3 Å². The molecule has 1 aliphatic heterocycles. The Bertz CT molecular complexity index is 917. The number of esters is 1. The Kier molecular flexibility index (Phi) is 3.97. The zero-order chi connectivity index (χ0) is 17.6. The lowest BCUT2D eigenvalue weighted by Gasteiger charge is -2.17. The van der Waals surface area contributed by atoms with E-state index in [4.69, 9.17) is 4.74 Å². The molecule has 1 aliphatic rings. The van der Waals surface area contributed by atoms with Crippen LogP contribution in [0.2, 0.25) is 0 Å². The van der Waals surface area contributed by atoms with Gasteiger partial charge in [-0.1, -0.05) is 62.9 Å². The van der Waals surface area contributed by atoms with Gasteiger partial charge in [0.1, 0.15) is 6.10 Å². The maximum atomic E-state index is 12.2. The summed E-state index contributed by atoms with van der Waals surface area (Å²) < 4.78 is 6.91. The predicted molar refractivity (Wildman–Crippen MR) is 103 cm³/mol. The second-order valence-corrected chi connectivity index (χ2v) is 7.95. The third-order valence-electron chi connectivity index (χ3n) is 4.86. The molecular formula is C22H20O2S. The van der Waals surface area contributed by atoms with Crippen molar-refractivity contribution in [1.29, 1.82) is 0 Å².